The summed E-state index contributed by atoms with van der Waals surface area (Å²) in [7, 11) is 0. The molecule has 1 aromatic rings. The minimum Gasteiger partial charge on any atom is -0.322 e. The Morgan fingerprint density at radius 2 is 1.50 bits per heavy atom. The van der Waals surface area contributed by atoms with Gasteiger partial charge in [-0.1, -0.05) is 32.0 Å². The molecule has 0 spiro atoms. The van der Waals surface area contributed by atoms with Crippen LogP contribution in [0.15, 0.2) is 18.2 Å². The molecular weight excluding hydrogens is 170 g/mol. The van der Waals surface area contributed by atoms with Gasteiger partial charge in [0.15, 0.2) is 0 Å². The Hall–Kier alpha value is -0.820. The molecule has 2 N–H and O–H groups in total. The summed E-state index contributed by atoms with van der Waals surface area (Å²) in [5.41, 5.74) is 10.1. The van der Waals surface area contributed by atoms with Gasteiger partial charge in [0.05, 0.1) is 0 Å². The summed E-state index contributed by atoms with van der Waals surface area (Å²) < 4.78 is 0. The molecule has 0 bridgehead atoms. The van der Waals surface area contributed by atoms with E-state index in [9.17, 15) is 0 Å². The molecule has 0 unspecified atom stereocenters. The van der Waals surface area contributed by atoms with E-state index in [1.807, 2.05) is 0 Å². The van der Waals surface area contributed by atoms with Crippen molar-refractivity contribution in [1.29, 1.82) is 0 Å². The molecule has 0 aliphatic heterocycles. The number of benzene rings is 1. The standard InChI is InChI=1S/C13H21N/c1-5-10-8-7-9-11(6-2)12(10)13(3,4)14/h7-9H,5-6,14H2,1-4H3. The first kappa shape index (κ1) is 11.3. The molecular formula is C13H21N. The van der Waals surface area contributed by atoms with Crippen LogP contribution < -0.4 is 5.73 Å². The molecule has 0 aliphatic carbocycles. The summed E-state index contributed by atoms with van der Waals surface area (Å²) in [6.45, 7) is 8.54. The van der Waals surface area contributed by atoms with E-state index in [4.69, 9.17) is 5.73 Å². The Labute approximate surface area is 87.3 Å². The topological polar surface area (TPSA) is 26.0 Å². The predicted octanol–water partition coefficient (Wildman–Crippen LogP) is 3.01. The maximum atomic E-state index is 6.21. The molecule has 14 heavy (non-hydrogen) atoms. The van der Waals surface area contributed by atoms with Crippen molar-refractivity contribution in [2.75, 3.05) is 0 Å². The lowest BCUT2D eigenvalue weighted by molar-refractivity contribution is 0.542. The lowest BCUT2D eigenvalue weighted by Gasteiger charge is -2.25. The van der Waals surface area contributed by atoms with E-state index in [1.54, 1.807) is 0 Å². The number of nitrogens with two attached hydrogens (primary N) is 1. The summed E-state index contributed by atoms with van der Waals surface area (Å²) in [5.74, 6) is 0. The Kier molecular flexibility index (Phi) is 3.33. The zero-order valence-electron chi connectivity index (χ0n) is 9.72. The first-order valence-corrected chi connectivity index (χ1v) is 5.40. The van der Waals surface area contributed by atoms with Crippen molar-refractivity contribution in [3.63, 3.8) is 0 Å². The molecule has 1 rings (SSSR count). The van der Waals surface area contributed by atoms with Crippen LogP contribution in [0.2, 0.25) is 0 Å². The van der Waals surface area contributed by atoms with Crippen molar-refractivity contribution in [1.82, 2.24) is 0 Å². The third-order valence-corrected chi connectivity index (χ3v) is 2.64. The fourth-order valence-corrected chi connectivity index (χ4v) is 2.07. The van der Waals surface area contributed by atoms with E-state index in [-0.39, 0.29) is 5.54 Å². The highest BCUT2D eigenvalue weighted by atomic mass is 14.7. The van der Waals surface area contributed by atoms with Crippen molar-refractivity contribution in [2.45, 2.75) is 46.1 Å². The highest BCUT2D eigenvalue weighted by molar-refractivity contribution is 5.40. The molecule has 0 heterocycles. The highest BCUT2D eigenvalue weighted by Crippen LogP contribution is 2.26. The zero-order valence-corrected chi connectivity index (χ0v) is 9.72. The van der Waals surface area contributed by atoms with E-state index in [2.05, 4.69) is 45.9 Å². The number of hydrogen-bond acceptors (Lipinski definition) is 1. The second-order valence-electron chi connectivity index (χ2n) is 4.38. The maximum absolute atomic E-state index is 6.21. The van der Waals surface area contributed by atoms with Crippen LogP contribution in [0, 0.1) is 0 Å². The molecule has 78 valence electrons. The number of rotatable bonds is 3. The molecule has 0 saturated heterocycles. The molecule has 0 saturated carbocycles. The smallest absolute Gasteiger partial charge is 0.0357 e. The first-order chi connectivity index (χ1) is 6.50. The highest BCUT2D eigenvalue weighted by Gasteiger charge is 2.20. The van der Waals surface area contributed by atoms with E-state index in [0.717, 1.165) is 12.8 Å². The van der Waals surface area contributed by atoms with Gasteiger partial charge in [0.1, 0.15) is 0 Å². The monoisotopic (exact) mass is 191 g/mol. The van der Waals surface area contributed by atoms with Gasteiger partial charge in [0.2, 0.25) is 0 Å². The molecule has 1 nitrogen and oxygen atoms in total. The largest absolute Gasteiger partial charge is 0.322 e. The van der Waals surface area contributed by atoms with Crippen molar-refractivity contribution < 1.29 is 0 Å². The molecule has 0 atom stereocenters. The normalized spacial score (nSPS) is 11.8. The molecule has 0 amide bonds. The Bertz CT molecular complexity index is 285. The van der Waals surface area contributed by atoms with Crippen LogP contribution in [0.4, 0.5) is 0 Å². The minimum atomic E-state index is -0.224. The number of aryl methyl sites for hydroxylation is 2. The number of hydrogen-bond donors (Lipinski definition) is 1. The van der Waals surface area contributed by atoms with E-state index in [0.29, 0.717) is 0 Å². The first-order valence-electron chi connectivity index (χ1n) is 5.40. The van der Waals surface area contributed by atoms with E-state index in [1.165, 1.54) is 16.7 Å². The van der Waals surface area contributed by atoms with Crippen molar-refractivity contribution >= 4 is 0 Å². The molecule has 0 fully saturated rings. The minimum absolute atomic E-state index is 0.224. The van der Waals surface area contributed by atoms with Crippen LogP contribution in [0.1, 0.15) is 44.4 Å². The van der Waals surface area contributed by atoms with Crippen LogP contribution >= 0.6 is 0 Å². The van der Waals surface area contributed by atoms with Gasteiger partial charge in [-0.3, -0.25) is 0 Å². The average molecular weight is 191 g/mol. The van der Waals surface area contributed by atoms with Gasteiger partial charge < -0.3 is 5.73 Å². The summed E-state index contributed by atoms with van der Waals surface area (Å²) in [5, 5.41) is 0. The Morgan fingerprint density at radius 1 is 1.07 bits per heavy atom. The summed E-state index contributed by atoms with van der Waals surface area (Å²) in [6, 6.07) is 6.50. The van der Waals surface area contributed by atoms with Crippen molar-refractivity contribution in [2.24, 2.45) is 5.73 Å². The van der Waals surface area contributed by atoms with Crippen molar-refractivity contribution in [3.8, 4) is 0 Å². The quantitative estimate of drug-likeness (QED) is 0.781. The predicted molar refractivity (Wildman–Crippen MR) is 62.4 cm³/mol. The fraction of sp³-hybridized carbons (Fsp3) is 0.538. The second kappa shape index (κ2) is 4.14. The maximum Gasteiger partial charge on any atom is 0.0357 e. The molecule has 1 heteroatoms. The fourth-order valence-electron chi connectivity index (χ4n) is 2.07. The molecule has 0 aliphatic rings. The summed E-state index contributed by atoms with van der Waals surface area (Å²) in [6.07, 6.45) is 2.12. The summed E-state index contributed by atoms with van der Waals surface area (Å²) in [4.78, 5) is 0. The van der Waals surface area contributed by atoms with E-state index >= 15 is 0 Å². The third-order valence-electron chi connectivity index (χ3n) is 2.64. The molecule has 0 radical (unpaired) electrons. The van der Waals surface area contributed by atoms with Crippen LogP contribution in [0.25, 0.3) is 0 Å². The Morgan fingerprint density at radius 3 is 1.79 bits per heavy atom. The van der Waals surface area contributed by atoms with Gasteiger partial charge in [-0.25, -0.2) is 0 Å². The molecule has 1 aromatic carbocycles. The van der Waals surface area contributed by atoms with Crippen LogP contribution in [-0.2, 0) is 18.4 Å². The lowest BCUT2D eigenvalue weighted by atomic mass is 9.85. The van der Waals surface area contributed by atoms with Gasteiger partial charge in [0, 0.05) is 5.54 Å². The van der Waals surface area contributed by atoms with Gasteiger partial charge >= 0.3 is 0 Å². The molecule has 0 aromatic heterocycles. The lowest BCUT2D eigenvalue weighted by Crippen LogP contribution is -2.31. The zero-order chi connectivity index (χ0) is 10.8. The second-order valence-corrected chi connectivity index (χ2v) is 4.38. The van der Waals surface area contributed by atoms with Crippen LogP contribution in [0.3, 0.4) is 0 Å². The third kappa shape index (κ3) is 2.16. The SMILES string of the molecule is CCc1cccc(CC)c1C(C)(C)N. The van der Waals surface area contributed by atoms with Gasteiger partial charge in [-0.05, 0) is 43.4 Å². The van der Waals surface area contributed by atoms with E-state index < -0.39 is 0 Å². The van der Waals surface area contributed by atoms with Crippen molar-refractivity contribution in [3.05, 3.63) is 34.9 Å². The average Bonchev–Trinajstić information content (AvgIpc) is 2.15. The Balaban J connectivity index is 3.34. The van der Waals surface area contributed by atoms with Crippen LogP contribution in [0.5, 0.6) is 0 Å². The summed E-state index contributed by atoms with van der Waals surface area (Å²) >= 11 is 0. The van der Waals surface area contributed by atoms with Gasteiger partial charge in [-0.15, -0.1) is 0 Å². The van der Waals surface area contributed by atoms with Gasteiger partial charge in [-0.2, -0.15) is 0 Å². The van der Waals surface area contributed by atoms with Gasteiger partial charge in [0.25, 0.3) is 0 Å². The van der Waals surface area contributed by atoms with Crippen LogP contribution in [-0.4, -0.2) is 0 Å².